The minimum atomic E-state index is -0.417. The van der Waals surface area contributed by atoms with E-state index in [1.54, 1.807) is 60.7 Å². The van der Waals surface area contributed by atoms with Gasteiger partial charge in [0.1, 0.15) is 11.5 Å². The molecule has 0 aliphatic carbocycles. The lowest BCUT2D eigenvalue weighted by Crippen LogP contribution is -2.18. The summed E-state index contributed by atoms with van der Waals surface area (Å²) in [5.74, 6) is 0.450. The van der Waals surface area contributed by atoms with Crippen molar-refractivity contribution < 1.29 is 18.8 Å². The molecule has 7 nitrogen and oxygen atoms in total. The van der Waals surface area contributed by atoms with Crippen LogP contribution in [0.25, 0.3) is 11.3 Å². The summed E-state index contributed by atoms with van der Waals surface area (Å²) in [4.78, 5) is 34.6. The number of nitrogens with one attached hydrogen (secondary N) is 2. The second kappa shape index (κ2) is 8.79. The van der Waals surface area contributed by atoms with Crippen LogP contribution in [0.3, 0.4) is 0 Å². The Morgan fingerprint density at radius 2 is 1.69 bits per heavy atom. The molecular formula is C22H19N3O4. The van der Waals surface area contributed by atoms with E-state index in [-0.39, 0.29) is 11.7 Å². The van der Waals surface area contributed by atoms with Gasteiger partial charge < -0.3 is 9.73 Å². The van der Waals surface area contributed by atoms with Crippen LogP contribution in [0.1, 0.15) is 40.3 Å². The molecule has 0 saturated heterocycles. The summed E-state index contributed by atoms with van der Waals surface area (Å²) in [6, 6.07) is 17.1. The van der Waals surface area contributed by atoms with E-state index in [1.165, 1.54) is 20.1 Å². The summed E-state index contributed by atoms with van der Waals surface area (Å²) in [5.41, 5.74) is 4.76. The van der Waals surface area contributed by atoms with Crippen LogP contribution in [-0.2, 0) is 4.79 Å². The van der Waals surface area contributed by atoms with Crippen molar-refractivity contribution in [3.63, 3.8) is 0 Å². The number of hydrogen-bond acceptors (Lipinski definition) is 5. The molecule has 0 atom stereocenters. The van der Waals surface area contributed by atoms with Gasteiger partial charge in [0.05, 0.1) is 6.21 Å². The number of carbonyl (C=O) groups excluding carboxylic acids is 3. The van der Waals surface area contributed by atoms with Crippen molar-refractivity contribution in [2.45, 2.75) is 13.8 Å². The third-order valence-electron chi connectivity index (χ3n) is 4.01. The predicted octanol–water partition coefficient (Wildman–Crippen LogP) is 3.87. The number of nitrogens with zero attached hydrogens (tertiary/aromatic N) is 1. The molecule has 7 heteroatoms. The Hall–Kier alpha value is -4.00. The van der Waals surface area contributed by atoms with Gasteiger partial charge in [-0.2, -0.15) is 5.10 Å². The molecule has 0 radical (unpaired) electrons. The average molecular weight is 389 g/mol. The van der Waals surface area contributed by atoms with Gasteiger partial charge in [-0.25, -0.2) is 5.43 Å². The number of anilines is 1. The Kier molecular flexibility index (Phi) is 5.99. The zero-order valence-corrected chi connectivity index (χ0v) is 15.9. The molecule has 29 heavy (non-hydrogen) atoms. The largest absolute Gasteiger partial charge is 0.455 e. The van der Waals surface area contributed by atoms with Crippen molar-refractivity contribution in [2.75, 3.05) is 5.32 Å². The van der Waals surface area contributed by atoms with E-state index in [0.29, 0.717) is 28.3 Å². The molecule has 1 aromatic heterocycles. The van der Waals surface area contributed by atoms with Gasteiger partial charge in [-0.05, 0) is 37.3 Å². The maximum absolute atomic E-state index is 12.2. The topological polar surface area (TPSA) is 101 Å². The Morgan fingerprint density at radius 1 is 0.931 bits per heavy atom. The minimum Gasteiger partial charge on any atom is -0.455 e. The maximum Gasteiger partial charge on any atom is 0.271 e. The summed E-state index contributed by atoms with van der Waals surface area (Å²) < 4.78 is 5.69. The van der Waals surface area contributed by atoms with Crippen LogP contribution in [0.2, 0.25) is 0 Å². The number of benzene rings is 2. The zero-order chi connectivity index (χ0) is 20.8. The summed E-state index contributed by atoms with van der Waals surface area (Å²) in [5, 5.41) is 6.52. The van der Waals surface area contributed by atoms with E-state index >= 15 is 0 Å². The molecule has 2 aromatic carbocycles. The fraction of sp³-hybridized carbons (Fsp3) is 0.0909. The van der Waals surface area contributed by atoms with E-state index in [1.807, 2.05) is 0 Å². The van der Waals surface area contributed by atoms with Crippen molar-refractivity contribution in [1.29, 1.82) is 0 Å². The van der Waals surface area contributed by atoms with Gasteiger partial charge in [-0.15, -0.1) is 0 Å². The van der Waals surface area contributed by atoms with Crippen LogP contribution >= 0.6 is 0 Å². The van der Waals surface area contributed by atoms with E-state index in [9.17, 15) is 14.4 Å². The predicted molar refractivity (Wildman–Crippen MR) is 110 cm³/mol. The van der Waals surface area contributed by atoms with Crippen molar-refractivity contribution in [3.8, 4) is 11.3 Å². The third-order valence-corrected chi connectivity index (χ3v) is 4.01. The van der Waals surface area contributed by atoms with Gasteiger partial charge in [0.15, 0.2) is 5.78 Å². The Morgan fingerprint density at radius 3 is 2.38 bits per heavy atom. The van der Waals surface area contributed by atoms with Gasteiger partial charge >= 0.3 is 0 Å². The van der Waals surface area contributed by atoms with Crippen LogP contribution in [-0.4, -0.2) is 23.8 Å². The second-order valence-electron chi connectivity index (χ2n) is 6.30. The molecule has 2 N–H and O–H groups in total. The standard InChI is InChI=1S/C22H19N3O4/c1-14(26)16-6-8-17(9-7-16)21-11-10-20(29-21)13-23-25-22(28)18-4-3-5-19(12-18)24-15(2)27/h3-13H,1-2H3,(H,24,27)(H,25,28)/b23-13-. The van der Waals surface area contributed by atoms with Gasteiger partial charge in [0.25, 0.3) is 5.91 Å². The first kappa shape index (κ1) is 19.8. The molecule has 2 amide bonds. The molecule has 3 aromatic rings. The van der Waals surface area contributed by atoms with Crippen LogP contribution < -0.4 is 10.7 Å². The Bertz CT molecular complexity index is 1080. The van der Waals surface area contributed by atoms with Gasteiger partial charge in [0, 0.05) is 29.3 Å². The lowest BCUT2D eigenvalue weighted by molar-refractivity contribution is -0.114. The number of amides is 2. The number of furan rings is 1. The SMILES string of the molecule is CC(=O)Nc1cccc(C(=O)N/N=C\c2ccc(-c3ccc(C(C)=O)cc3)o2)c1. The normalized spacial score (nSPS) is 10.7. The lowest BCUT2D eigenvalue weighted by atomic mass is 10.1. The highest BCUT2D eigenvalue weighted by Gasteiger charge is 2.07. The van der Waals surface area contributed by atoms with E-state index < -0.39 is 5.91 Å². The molecule has 0 saturated carbocycles. The highest BCUT2D eigenvalue weighted by atomic mass is 16.3. The number of hydrazone groups is 1. The Balaban J connectivity index is 1.63. The molecule has 0 unspecified atom stereocenters. The van der Waals surface area contributed by atoms with Crippen LogP contribution in [0, 0.1) is 0 Å². The first-order chi connectivity index (χ1) is 13.9. The summed E-state index contributed by atoms with van der Waals surface area (Å²) in [6.45, 7) is 2.91. The molecule has 0 bridgehead atoms. The van der Waals surface area contributed by atoms with Crippen molar-refractivity contribution in [3.05, 3.63) is 77.6 Å². The number of Topliss-reactive ketones (excluding diaryl/α,β-unsaturated/α-hetero) is 1. The molecule has 1 heterocycles. The molecule has 0 fully saturated rings. The smallest absolute Gasteiger partial charge is 0.271 e. The van der Waals surface area contributed by atoms with Crippen molar-refractivity contribution in [2.24, 2.45) is 5.10 Å². The van der Waals surface area contributed by atoms with E-state index in [4.69, 9.17) is 4.42 Å². The summed E-state index contributed by atoms with van der Waals surface area (Å²) >= 11 is 0. The molecular weight excluding hydrogens is 370 g/mol. The van der Waals surface area contributed by atoms with Crippen molar-refractivity contribution in [1.82, 2.24) is 5.43 Å². The van der Waals surface area contributed by atoms with Crippen LogP contribution in [0.4, 0.5) is 5.69 Å². The van der Waals surface area contributed by atoms with Gasteiger partial charge in [-0.3, -0.25) is 14.4 Å². The number of ketones is 1. The lowest BCUT2D eigenvalue weighted by Gasteiger charge is -2.04. The van der Waals surface area contributed by atoms with Gasteiger partial charge in [-0.1, -0.05) is 30.3 Å². The highest BCUT2D eigenvalue weighted by molar-refractivity contribution is 5.97. The second-order valence-corrected chi connectivity index (χ2v) is 6.30. The summed E-state index contributed by atoms with van der Waals surface area (Å²) in [6.07, 6.45) is 1.39. The number of hydrogen-bond donors (Lipinski definition) is 2. The average Bonchev–Trinajstić information content (AvgIpc) is 3.16. The molecule has 3 rings (SSSR count). The van der Waals surface area contributed by atoms with Crippen LogP contribution in [0.15, 0.2) is 70.2 Å². The summed E-state index contributed by atoms with van der Waals surface area (Å²) in [7, 11) is 0. The number of carbonyl (C=O) groups is 3. The highest BCUT2D eigenvalue weighted by Crippen LogP contribution is 2.22. The van der Waals surface area contributed by atoms with E-state index in [0.717, 1.165) is 5.56 Å². The number of rotatable bonds is 6. The molecule has 0 aliphatic heterocycles. The maximum atomic E-state index is 12.2. The molecule has 146 valence electrons. The molecule has 0 spiro atoms. The third kappa shape index (κ3) is 5.26. The molecule has 0 aliphatic rings. The van der Waals surface area contributed by atoms with Crippen LogP contribution in [0.5, 0.6) is 0 Å². The monoisotopic (exact) mass is 389 g/mol. The fourth-order valence-corrected chi connectivity index (χ4v) is 2.61. The zero-order valence-electron chi connectivity index (χ0n) is 15.9. The van der Waals surface area contributed by atoms with Gasteiger partial charge in [0.2, 0.25) is 5.91 Å². The Labute approximate surface area is 167 Å². The first-order valence-corrected chi connectivity index (χ1v) is 8.84. The van der Waals surface area contributed by atoms with E-state index in [2.05, 4.69) is 15.8 Å². The van der Waals surface area contributed by atoms with Crippen molar-refractivity contribution >= 4 is 29.5 Å². The first-order valence-electron chi connectivity index (χ1n) is 8.84. The quantitative estimate of drug-likeness (QED) is 0.380. The minimum absolute atomic E-state index is 0.00201. The fourth-order valence-electron chi connectivity index (χ4n) is 2.61.